The van der Waals surface area contributed by atoms with Gasteiger partial charge in [0, 0.05) is 18.0 Å². The Morgan fingerprint density at radius 2 is 2.10 bits per heavy atom. The molecule has 0 saturated carbocycles. The van der Waals surface area contributed by atoms with E-state index in [1.165, 1.54) is 23.3 Å². The molecule has 0 aliphatic heterocycles. The minimum atomic E-state index is 0.287. The Morgan fingerprint density at radius 3 is 2.95 bits per heavy atom. The smallest absolute Gasteiger partial charge is 0.225 e. The van der Waals surface area contributed by atoms with Gasteiger partial charge in [-0.15, -0.1) is 11.3 Å². The molecule has 2 aromatic rings. The van der Waals surface area contributed by atoms with E-state index in [-0.39, 0.29) is 5.28 Å². The Bertz CT molecular complexity index is 658. The highest BCUT2D eigenvalue weighted by molar-refractivity contribution is 7.19. The molecule has 1 amide bonds. The van der Waals surface area contributed by atoms with Gasteiger partial charge >= 0.3 is 0 Å². The standard InChI is InChI=1S/C14H17ClN4OS/c15-14-18-12(17-7-3-6-16-8-20)11-9-4-1-2-5-10(9)21-13(11)19-14/h8H,1-7H2,(H,16,20)(H,17,18,19). The summed E-state index contributed by atoms with van der Waals surface area (Å²) in [5.74, 6) is 0.829. The second-order valence-electron chi connectivity index (χ2n) is 5.08. The van der Waals surface area contributed by atoms with Crippen LogP contribution in [0, 0.1) is 0 Å². The van der Waals surface area contributed by atoms with Crippen LogP contribution in [0.15, 0.2) is 0 Å². The molecule has 112 valence electrons. The number of anilines is 1. The van der Waals surface area contributed by atoms with Gasteiger partial charge in [-0.1, -0.05) is 0 Å². The Balaban J connectivity index is 1.86. The van der Waals surface area contributed by atoms with Crippen molar-refractivity contribution in [1.82, 2.24) is 15.3 Å². The van der Waals surface area contributed by atoms with Crippen molar-refractivity contribution in [3.05, 3.63) is 15.7 Å². The molecular weight excluding hydrogens is 308 g/mol. The van der Waals surface area contributed by atoms with Crippen molar-refractivity contribution < 1.29 is 4.79 Å². The quantitative estimate of drug-likeness (QED) is 0.487. The maximum Gasteiger partial charge on any atom is 0.225 e. The van der Waals surface area contributed by atoms with Crippen LogP contribution in [-0.4, -0.2) is 29.5 Å². The monoisotopic (exact) mass is 324 g/mol. The molecule has 1 aliphatic rings. The molecule has 0 aromatic carbocycles. The SMILES string of the molecule is O=CNCCCNc1nc(Cl)nc2sc3c(c12)CCCC3. The molecule has 0 bridgehead atoms. The molecule has 0 atom stereocenters. The lowest BCUT2D eigenvalue weighted by atomic mass is 9.97. The number of amides is 1. The zero-order valence-corrected chi connectivity index (χ0v) is 13.2. The molecule has 7 heteroatoms. The van der Waals surface area contributed by atoms with E-state index < -0.39 is 0 Å². The third-order valence-corrected chi connectivity index (χ3v) is 5.02. The number of hydrogen-bond acceptors (Lipinski definition) is 5. The van der Waals surface area contributed by atoms with E-state index in [1.54, 1.807) is 11.3 Å². The van der Waals surface area contributed by atoms with Crippen molar-refractivity contribution in [1.29, 1.82) is 0 Å². The normalized spacial score (nSPS) is 14.0. The van der Waals surface area contributed by atoms with Crippen LogP contribution in [0.2, 0.25) is 5.28 Å². The predicted molar refractivity (Wildman–Crippen MR) is 86.2 cm³/mol. The maximum atomic E-state index is 10.2. The first-order valence-electron chi connectivity index (χ1n) is 7.18. The number of carbonyl (C=O) groups excluding carboxylic acids is 1. The molecule has 0 saturated heterocycles. The number of halogens is 1. The number of carbonyl (C=O) groups is 1. The highest BCUT2D eigenvalue weighted by Gasteiger charge is 2.20. The summed E-state index contributed by atoms with van der Waals surface area (Å²) in [5.41, 5.74) is 1.39. The molecule has 1 aliphatic carbocycles. The second kappa shape index (κ2) is 6.58. The molecule has 2 N–H and O–H groups in total. The van der Waals surface area contributed by atoms with Crippen molar-refractivity contribution in [3.8, 4) is 0 Å². The molecule has 5 nitrogen and oxygen atoms in total. The highest BCUT2D eigenvalue weighted by atomic mass is 35.5. The van der Waals surface area contributed by atoms with Gasteiger partial charge in [0.25, 0.3) is 0 Å². The zero-order chi connectivity index (χ0) is 14.7. The van der Waals surface area contributed by atoms with Crippen molar-refractivity contribution >= 4 is 45.4 Å². The molecule has 2 heterocycles. The molecule has 2 aromatic heterocycles. The van der Waals surface area contributed by atoms with Crippen molar-refractivity contribution in [2.45, 2.75) is 32.1 Å². The number of aromatic nitrogens is 2. The van der Waals surface area contributed by atoms with E-state index >= 15 is 0 Å². The highest BCUT2D eigenvalue weighted by Crippen LogP contribution is 2.38. The first-order chi connectivity index (χ1) is 10.3. The summed E-state index contributed by atoms with van der Waals surface area (Å²) >= 11 is 7.78. The van der Waals surface area contributed by atoms with Crippen LogP contribution < -0.4 is 10.6 Å². The van der Waals surface area contributed by atoms with Gasteiger partial charge < -0.3 is 10.6 Å². The lowest BCUT2D eigenvalue weighted by molar-refractivity contribution is -0.109. The van der Waals surface area contributed by atoms with Crippen LogP contribution in [0.5, 0.6) is 0 Å². The molecule has 3 rings (SSSR count). The molecule has 0 unspecified atom stereocenters. The van der Waals surface area contributed by atoms with Gasteiger partial charge in [-0.3, -0.25) is 4.79 Å². The van der Waals surface area contributed by atoms with Crippen LogP contribution in [0.3, 0.4) is 0 Å². The van der Waals surface area contributed by atoms with Crippen molar-refractivity contribution in [3.63, 3.8) is 0 Å². The van der Waals surface area contributed by atoms with Crippen LogP contribution in [0.25, 0.3) is 10.2 Å². The lowest BCUT2D eigenvalue weighted by Gasteiger charge is -2.12. The fourth-order valence-corrected chi connectivity index (χ4v) is 4.20. The van der Waals surface area contributed by atoms with E-state index in [0.717, 1.165) is 48.3 Å². The largest absolute Gasteiger partial charge is 0.369 e. The number of nitrogens with one attached hydrogen (secondary N) is 2. The van der Waals surface area contributed by atoms with Crippen LogP contribution in [0.4, 0.5) is 5.82 Å². The molecule has 0 radical (unpaired) electrons. The topological polar surface area (TPSA) is 66.9 Å². The summed E-state index contributed by atoms with van der Waals surface area (Å²) in [4.78, 5) is 21.4. The van der Waals surface area contributed by atoms with Gasteiger partial charge in [0.05, 0.1) is 5.39 Å². The number of thiophene rings is 1. The molecule has 0 fully saturated rings. The van der Waals surface area contributed by atoms with Gasteiger partial charge in [-0.25, -0.2) is 9.97 Å². The fraction of sp³-hybridized carbons (Fsp3) is 0.500. The number of aryl methyl sites for hydroxylation is 2. The third-order valence-electron chi connectivity index (χ3n) is 3.66. The average molecular weight is 325 g/mol. The Labute approximate surface area is 132 Å². The van der Waals surface area contributed by atoms with Crippen molar-refractivity contribution in [2.24, 2.45) is 0 Å². The van der Waals surface area contributed by atoms with Crippen LogP contribution in [-0.2, 0) is 17.6 Å². The van der Waals surface area contributed by atoms with E-state index in [0.29, 0.717) is 6.54 Å². The van der Waals surface area contributed by atoms with Gasteiger partial charge in [0.2, 0.25) is 11.7 Å². The minimum absolute atomic E-state index is 0.287. The molecule has 21 heavy (non-hydrogen) atoms. The fourth-order valence-electron chi connectivity index (χ4n) is 2.72. The van der Waals surface area contributed by atoms with Gasteiger partial charge in [-0.2, -0.15) is 0 Å². The third kappa shape index (κ3) is 3.11. The maximum absolute atomic E-state index is 10.2. The van der Waals surface area contributed by atoms with E-state index in [2.05, 4.69) is 20.6 Å². The van der Waals surface area contributed by atoms with Gasteiger partial charge in [0.1, 0.15) is 10.6 Å². The Morgan fingerprint density at radius 1 is 1.24 bits per heavy atom. The minimum Gasteiger partial charge on any atom is -0.369 e. The summed E-state index contributed by atoms with van der Waals surface area (Å²) in [6.07, 6.45) is 6.27. The average Bonchev–Trinajstić information content (AvgIpc) is 2.84. The first kappa shape index (κ1) is 14.5. The first-order valence-corrected chi connectivity index (χ1v) is 8.37. The number of rotatable bonds is 6. The van der Waals surface area contributed by atoms with Gasteiger partial charge in [0.15, 0.2) is 0 Å². The lowest BCUT2D eigenvalue weighted by Crippen LogP contribution is -2.16. The van der Waals surface area contributed by atoms with E-state index in [9.17, 15) is 4.79 Å². The predicted octanol–water partition coefficient (Wildman–Crippen LogP) is 2.77. The summed E-state index contributed by atoms with van der Waals surface area (Å²) in [5, 5.41) is 7.42. The summed E-state index contributed by atoms with van der Waals surface area (Å²) in [7, 11) is 0. The van der Waals surface area contributed by atoms with Gasteiger partial charge in [-0.05, 0) is 49.3 Å². The summed E-state index contributed by atoms with van der Waals surface area (Å²) in [6, 6.07) is 0. The Kier molecular flexibility index (Phi) is 4.55. The molecule has 0 spiro atoms. The zero-order valence-electron chi connectivity index (χ0n) is 11.6. The van der Waals surface area contributed by atoms with Crippen LogP contribution >= 0.6 is 22.9 Å². The number of hydrogen-bond donors (Lipinski definition) is 2. The summed E-state index contributed by atoms with van der Waals surface area (Å²) in [6.45, 7) is 1.40. The van der Waals surface area contributed by atoms with Crippen LogP contribution in [0.1, 0.15) is 29.7 Å². The number of nitrogens with zero attached hydrogens (tertiary/aromatic N) is 2. The Hall–Kier alpha value is -1.40. The second-order valence-corrected chi connectivity index (χ2v) is 6.51. The van der Waals surface area contributed by atoms with E-state index in [4.69, 9.17) is 11.6 Å². The molecular formula is C14H17ClN4OS. The van der Waals surface area contributed by atoms with Crippen molar-refractivity contribution in [2.75, 3.05) is 18.4 Å². The number of fused-ring (bicyclic) bond motifs is 3. The summed E-state index contributed by atoms with van der Waals surface area (Å²) < 4.78 is 0. The van der Waals surface area contributed by atoms with E-state index in [1.807, 2.05) is 0 Å².